The number of unbranched alkanes of at least 4 members (excludes halogenated alkanes) is 2. The van der Waals surface area contributed by atoms with Crippen LogP contribution in [0.15, 0.2) is 18.2 Å². The number of hydrogen-bond donors (Lipinski definition) is 1. The van der Waals surface area contributed by atoms with E-state index in [9.17, 15) is 9.59 Å². The monoisotopic (exact) mass is 351 g/mol. The van der Waals surface area contributed by atoms with E-state index in [1.807, 2.05) is 13.8 Å². The predicted molar refractivity (Wildman–Crippen MR) is 96.2 cm³/mol. The van der Waals surface area contributed by atoms with Crippen molar-refractivity contribution in [1.82, 2.24) is 5.32 Å². The summed E-state index contributed by atoms with van der Waals surface area (Å²) >= 11 is 0. The van der Waals surface area contributed by atoms with Crippen molar-refractivity contribution in [3.05, 3.63) is 23.8 Å². The molecular formula is C19H29NO5. The van der Waals surface area contributed by atoms with Gasteiger partial charge in [0.25, 0.3) is 5.91 Å². The Morgan fingerprint density at radius 1 is 0.880 bits per heavy atom. The molecule has 0 aliphatic rings. The molecule has 0 bridgehead atoms. The molecule has 0 radical (unpaired) electrons. The summed E-state index contributed by atoms with van der Waals surface area (Å²) in [5, 5.41) is 2.88. The van der Waals surface area contributed by atoms with Crippen molar-refractivity contribution in [2.45, 2.75) is 46.5 Å². The van der Waals surface area contributed by atoms with Gasteiger partial charge in [0, 0.05) is 24.6 Å². The molecule has 0 saturated heterocycles. The minimum atomic E-state index is -0.164. The van der Waals surface area contributed by atoms with Gasteiger partial charge < -0.3 is 19.5 Å². The molecule has 6 nitrogen and oxygen atoms in total. The van der Waals surface area contributed by atoms with Crippen LogP contribution >= 0.6 is 0 Å². The van der Waals surface area contributed by atoms with Gasteiger partial charge in [-0.15, -0.1) is 0 Å². The van der Waals surface area contributed by atoms with Crippen LogP contribution in [0.4, 0.5) is 0 Å². The quantitative estimate of drug-likeness (QED) is 0.462. The topological polar surface area (TPSA) is 73.9 Å². The van der Waals surface area contributed by atoms with Gasteiger partial charge in [0.05, 0.1) is 19.8 Å². The molecule has 6 heteroatoms. The summed E-state index contributed by atoms with van der Waals surface area (Å²) in [6, 6.07) is 5.20. The fourth-order valence-corrected chi connectivity index (χ4v) is 2.31. The van der Waals surface area contributed by atoms with Crippen molar-refractivity contribution >= 4 is 11.9 Å². The van der Waals surface area contributed by atoms with Crippen LogP contribution < -0.4 is 14.8 Å². The van der Waals surface area contributed by atoms with Crippen LogP contribution in [0.5, 0.6) is 11.5 Å². The number of carbonyl (C=O) groups is 2. The lowest BCUT2D eigenvalue weighted by atomic mass is 10.1. The van der Waals surface area contributed by atoms with Gasteiger partial charge in [-0.1, -0.05) is 6.42 Å². The fourth-order valence-electron chi connectivity index (χ4n) is 2.31. The molecule has 1 aromatic rings. The number of esters is 1. The average Bonchev–Trinajstić information content (AvgIpc) is 2.58. The highest BCUT2D eigenvalue weighted by Crippen LogP contribution is 2.23. The molecule has 0 heterocycles. The highest BCUT2D eigenvalue weighted by Gasteiger charge is 2.10. The summed E-state index contributed by atoms with van der Waals surface area (Å²) in [7, 11) is 0. The molecule has 1 N–H and O–H groups in total. The Hall–Kier alpha value is -2.24. The summed E-state index contributed by atoms with van der Waals surface area (Å²) in [5.74, 6) is 0.914. The molecule has 0 aliphatic carbocycles. The van der Waals surface area contributed by atoms with E-state index in [0.29, 0.717) is 49.8 Å². The van der Waals surface area contributed by atoms with Crippen LogP contribution in [0, 0.1) is 0 Å². The van der Waals surface area contributed by atoms with E-state index in [4.69, 9.17) is 14.2 Å². The van der Waals surface area contributed by atoms with Gasteiger partial charge in [0.15, 0.2) is 0 Å². The van der Waals surface area contributed by atoms with E-state index in [1.165, 1.54) is 0 Å². The number of amides is 1. The Balaban J connectivity index is 2.42. The maximum Gasteiger partial charge on any atom is 0.305 e. The second-order valence-electron chi connectivity index (χ2n) is 5.43. The number of ether oxygens (including phenoxy) is 3. The van der Waals surface area contributed by atoms with Gasteiger partial charge in [0.1, 0.15) is 11.5 Å². The van der Waals surface area contributed by atoms with Gasteiger partial charge in [0.2, 0.25) is 0 Å². The number of benzene rings is 1. The summed E-state index contributed by atoms with van der Waals surface area (Å²) in [5.41, 5.74) is 0.515. The standard InChI is InChI=1S/C19H29NO5/c1-4-23-16-12-15(13-17(14-16)24-5-2)19(22)20-11-9-7-8-10-18(21)25-6-3/h12-14H,4-11H2,1-3H3,(H,20,22). The lowest BCUT2D eigenvalue weighted by Crippen LogP contribution is -2.24. The molecule has 1 rings (SSSR count). The van der Waals surface area contributed by atoms with E-state index in [0.717, 1.165) is 19.3 Å². The summed E-state index contributed by atoms with van der Waals surface area (Å²) in [6.45, 7) is 7.61. The van der Waals surface area contributed by atoms with E-state index < -0.39 is 0 Å². The first-order valence-electron chi connectivity index (χ1n) is 8.95. The zero-order chi connectivity index (χ0) is 18.5. The Kier molecular flexibility index (Phi) is 10.1. The average molecular weight is 351 g/mol. The third-order valence-corrected chi connectivity index (χ3v) is 3.41. The molecule has 0 aliphatic heterocycles. The van der Waals surface area contributed by atoms with Crippen LogP contribution in [0.1, 0.15) is 56.8 Å². The Labute approximate surface area is 149 Å². The first kappa shape index (κ1) is 20.8. The van der Waals surface area contributed by atoms with Crippen LogP contribution in [0.3, 0.4) is 0 Å². The van der Waals surface area contributed by atoms with Crippen molar-refractivity contribution in [1.29, 1.82) is 0 Å². The van der Waals surface area contributed by atoms with E-state index in [2.05, 4.69) is 5.32 Å². The Bertz CT molecular complexity index is 520. The summed E-state index contributed by atoms with van der Waals surface area (Å²) in [6.07, 6.45) is 2.87. The van der Waals surface area contributed by atoms with Crippen molar-refractivity contribution in [2.75, 3.05) is 26.4 Å². The third-order valence-electron chi connectivity index (χ3n) is 3.41. The molecular weight excluding hydrogens is 322 g/mol. The molecule has 0 unspecified atom stereocenters. The Morgan fingerprint density at radius 3 is 2.08 bits per heavy atom. The molecule has 0 aromatic heterocycles. The van der Waals surface area contributed by atoms with Crippen molar-refractivity contribution in [3.8, 4) is 11.5 Å². The molecule has 0 saturated carbocycles. The van der Waals surface area contributed by atoms with Crippen LogP contribution in [-0.4, -0.2) is 38.2 Å². The number of rotatable bonds is 12. The Morgan fingerprint density at radius 2 is 1.52 bits per heavy atom. The first-order chi connectivity index (χ1) is 12.1. The molecule has 25 heavy (non-hydrogen) atoms. The minimum absolute atomic E-state index is 0.159. The maximum absolute atomic E-state index is 12.3. The third kappa shape index (κ3) is 8.42. The highest BCUT2D eigenvalue weighted by atomic mass is 16.5. The fraction of sp³-hybridized carbons (Fsp3) is 0.579. The first-order valence-corrected chi connectivity index (χ1v) is 8.95. The largest absolute Gasteiger partial charge is 0.494 e. The highest BCUT2D eigenvalue weighted by molar-refractivity contribution is 5.95. The maximum atomic E-state index is 12.3. The van der Waals surface area contributed by atoms with E-state index >= 15 is 0 Å². The van der Waals surface area contributed by atoms with Crippen LogP contribution in [-0.2, 0) is 9.53 Å². The van der Waals surface area contributed by atoms with Gasteiger partial charge in [-0.25, -0.2) is 0 Å². The molecule has 0 spiro atoms. The summed E-state index contributed by atoms with van der Waals surface area (Å²) in [4.78, 5) is 23.5. The number of nitrogens with one attached hydrogen (secondary N) is 1. The second-order valence-corrected chi connectivity index (χ2v) is 5.43. The van der Waals surface area contributed by atoms with Crippen LogP contribution in [0.25, 0.3) is 0 Å². The smallest absolute Gasteiger partial charge is 0.305 e. The van der Waals surface area contributed by atoms with Gasteiger partial charge in [-0.3, -0.25) is 9.59 Å². The zero-order valence-electron chi connectivity index (χ0n) is 15.4. The SMILES string of the molecule is CCOC(=O)CCCCCNC(=O)c1cc(OCC)cc(OCC)c1. The lowest BCUT2D eigenvalue weighted by molar-refractivity contribution is -0.143. The molecule has 0 fully saturated rings. The van der Waals surface area contributed by atoms with E-state index in [-0.39, 0.29) is 11.9 Å². The molecule has 0 atom stereocenters. The minimum Gasteiger partial charge on any atom is -0.494 e. The number of carbonyl (C=O) groups excluding carboxylic acids is 2. The number of hydrogen-bond acceptors (Lipinski definition) is 5. The van der Waals surface area contributed by atoms with Gasteiger partial charge >= 0.3 is 5.97 Å². The van der Waals surface area contributed by atoms with Crippen LogP contribution in [0.2, 0.25) is 0 Å². The van der Waals surface area contributed by atoms with Gasteiger partial charge in [-0.05, 0) is 45.7 Å². The lowest BCUT2D eigenvalue weighted by Gasteiger charge is -2.11. The van der Waals surface area contributed by atoms with Crippen molar-refractivity contribution < 1.29 is 23.8 Å². The molecule has 1 amide bonds. The predicted octanol–water partition coefficient (Wildman–Crippen LogP) is 3.34. The second kappa shape index (κ2) is 12.2. The van der Waals surface area contributed by atoms with Crippen molar-refractivity contribution in [3.63, 3.8) is 0 Å². The van der Waals surface area contributed by atoms with Gasteiger partial charge in [-0.2, -0.15) is 0 Å². The molecule has 1 aromatic carbocycles. The normalized spacial score (nSPS) is 10.2. The molecule has 140 valence electrons. The summed E-state index contributed by atoms with van der Waals surface area (Å²) < 4.78 is 15.8. The van der Waals surface area contributed by atoms with E-state index in [1.54, 1.807) is 25.1 Å². The van der Waals surface area contributed by atoms with Crippen molar-refractivity contribution in [2.24, 2.45) is 0 Å². The zero-order valence-corrected chi connectivity index (χ0v) is 15.4.